The Morgan fingerprint density at radius 1 is 1.18 bits per heavy atom. The summed E-state index contributed by atoms with van der Waals surface area (Å²) < 4.78 is 6.54. The highest BCUT2D eigenvalue weighted by atomic mass is 35.5. The maximum absolute atomic E-state index is 13.5. The Morgan fingerprint density at radius 2 is 1.92 bits per heavy atom. The van der Waals surface area contributed by atoms with E-state index in [1.54, 1.807) is 41.6 Å². The van der Waals surface area contributed by atoms with Gasteiger partial charge in [0.25, 0.3) is 0 Å². The largest absolute Gasteiger partial charge is 0.486 e. The number of ether oxygens (including phenoxy) is 1. The molecular weight excluding hydrogens is 543 g/mol. The molecule has 2 saturated carbocycles. The number of hydrogen-bond donors (Lipinski definition) is 1. The number of nitrogens with one attached hydrogen (secondary N) is 1. The molecule has 6 rings (SSSR count). The summed E-state index contributed by atoms with van der Waals surface area (Å²) in [5.41, 5.74) is 0.885. The highest BCUT2D eigenvalue weighted by Crippen LogP contribution is 2.58. The number of alkyl halides is 2. The first-order valence-corrected chi connectivity index (χ1v) is 13.8. The maximum Gasteiger partial charge on any atom is 0.245 e. The predicted octanol–water partition coefficient (Wildman–Crippen LogP) is 3.15. The molecule has 5 atom stereocenters. The van der Waals surface area contributed by atoms with E-state index in [0.717, 1.165) is 6.42 Å². The topological polar surface area (TPSA) is 119 Å². The van der Waals surface area contributed by atoms with Crippen molar-refractivity contribution in [1.82, 2.24) is 30.0 Å². The van der Waals surface area contributed by atoms with Crippen LogP contribution >= 0.6 is 23.2 Å². The van der Waals surface area contributed by atoms with Crippen LogP contribution in [0, 0.1) is 17.8 Å². The van der Waals surface area contributed by atoms with Crippen LogP contribution in [-0.2, 0) is 22.7 Å². The van der Waals surface area contributed by atoms with Crippen molar-refractivity contribution in [2.75, 3.05) is 6.54 Å². The van der Waals surface area contributed by atoms with Crippen molar-refractivity contribution in [3.63, 3.8) is 0 Å². The molecule has 204 valence electrons. The fourth-order valence-electron chi connectivity index (χ4n) is 5.64. The van der Waals surface area contributed by atoms with Gasteiger partial charge in [0.05, 0.1) is 5.52 Å². The SMILES string of the molecule is CC(=O)c1nn(CC(=O)N2[C@@H]3C[C@@H]3C[C@H]2C(=O)NC[C@@H]2[C@@H](C)C2(Cl)Cl)c2ccc(OCc3ncccn3)cc12. The first-order valence-electron chi connectivity index (χ1n) is 13.0. The standard InChI is InChI=1S/C27H28Cl2N6O4/c1-14-19(27(14,28)29)11-32-26(38)22-9-16-8-21(16)35(22)24(37)12-34-20-5-4-17(10-18(20)25(33-34)15(2)36)39-13-23-30-6-3-7-31-23/h3-7,10,14,16,19,21-22H,8-9,11-13H2,1-2H3,(H,32,38)/t14-,16-,19-,21-,22+/m1/s1. The number of nitrogens with zero attached hydrogens (tertiary/aromatic N) is 5. The third kappa shape index (κ3) is 4.84. The fraction of sp³-hybridized carbons (Fsp3) is 0.481. The molecule has 0 unspecified atom stereocenters. The molecule has 1 saturated heterocycles. The Kier molecular flexibility index (Phi) is 6.50. The van der Waals surface area contributed by atoms with Crippen molar-refractivity contribution in [1.29, 1.82) is 0 Å². The highest BCUT2D eigenvalue weighted by Gasteiger charge is 2.60. The Bertz CT molecular complexity index is 1460. The second kappa shape index (κ2) is 9.75. The van der Waals surface area contributed by atoms with Gasteiger partial charge in [0.15, 0.2) is 11.6 Å². The zero-order valence-corrected chi connectivity index (χ0v) is 23.0. The van der Waals surface area contributed by atoms with Crippen LogP contribution in [0.5, 0.6) is 5.75 Å². The molecule has 2 amide bonds. The molecule has 39 heavy (non-hydrogen) atoms. The number of fused-ring (bicyclic) bond motifs is 2. The average molecular weight is 571 g/mol. The molecule has 0 bridgehead atoms. The first kappa shape index (κ1) is 26.0. The number of Topliss-reactive ketones (excluding diaryl/α,β-unsaturated/α-hetero) is 1. The van der Waals surface area contributed by atoms with Gasteiger partial charge in [-0.1, -0.05) is 6.92 Å². The summed E-state index contributed by atoms with van der Waals surface area (Å²) in [4.78, 5) is 49.0. The molecule has 10 nitrogen and oxygen atoms in total. The number of halogens is 2. The van der Waals surface area contributed by atoms with Crippen LogP contribution in [0.15, 0.2) is 36.7 Å². The Hall–Kier alpha value is -3.24. The van der Waals surface area contributed by atoms with Crippen LogP contribution in [0.4, 0.5) is 0 Å². The second-order valence-electron chi connectivity index (χ2n) is 10.6. The lowest BCUT2D eigenvalue weighted by Crippen LogP contribution is -2.49. The van der Waals surface area contributed by atoms with E-state index in [9.17, 15) is 14.4 Å². The van der Waals surface area contributed by atoms with Crippen LogP contribution < -0.4 is 10.1 Å². The number of aromatic nitrogens is 4. The third-order valence-electron chi connectivity index (χ3n) is 8.11. The minimum Gasteiger partial charge on any atom is -0.486 e. The van der Waals surface area contributed by atoms with Crippen LogP contribution in [0.3, 0.4) is 0 Å². The predicted molar refractivity (Wildman–Crippen MR) is 143 cm³/mol. The van der Waals surface area contributed by atoms with Crippen LogP contribution in [-0.4, -0.2) is 65.2 Å². The Balaban J connectivity index is 1.17. The molecule has 3 aliphatic rings. The van der Waals surface area contributed by atoms with Gasteiger partial charge in [0.2, 0.25) is 11.8 Å². The number of benzene rings is 1. The normalized spacial score (nSPS) is 26.3. The molecule has 0 radical (unpaired) electrons. The van der Waals surface area contributed by atoms with Crippen molar-refractivity contribution < 1.29 is 19.1 Å². The van der Waals surface area contributed by atoms with Gasteiger partial charge >= 0.3 is 0 Å². The molecule has 3 fully saturated rings. The lowest BCUT2D eigenvalue weighted by atomic mass is 10.1. The zero-order valence-electron chi connectivity index (χ0n) is 21.5. The number of piperidine rings is 1. The smallest absolute Gasteiger partial charge is 0.245 e. The van der Waals surface area contributed by atoms with Crippen LogP contribution in [0.2, 0.25) is 0 Å². The summed E-state index contributed by atoms with van der Waals surface area (Å²) in [6, 6.07) is 6.52. The summed E-state index contributed by atoms with van der Waals surface area (Å²) in [5, 5.41) is 8.01. The maximum atomic E-state index is 13.5. The van der Waals surface area contributed by atoms with Crippen molar-refractivity contribution in [3.05, 3.63) is 48.2 Å². The van der Waals surface area contributed by atoms with Gasteiger partial charge in [-0.25, -0.2) is 9.97 Å². The summed E-state index contributed by atoms with van der Waals surface area (Å²) in [6.07, 6.45) is 4.81. The van der Waals surface area contributed by atoms with Gasteiger partial charge in [-0.05, 0) is 48.9 Å². The number of amides is 2. The molecule has 1 N–H and O–H groups in total. The molecule has 2 aliphatic carbocycles. The molecule has 1 aromatic carbocycles. The minimum absolute atomic E-state index is 0.000553. The summed E-state index contributed by atoms with van der Waals surface area (Å²) in [5.74, 6) is 0.895. The van der Waals surface area contributed by atoms with E-state index in [4.69, 9.17) is 27.9 Å². The third-order valence-corrected chi connectivity index (χ3v) is 9.36. The first-order chi connectivity index (χ1) is 18.6. The Morgan fingerprint density at radius 3 is 2.62 bits per heavy atom. The molecule has 0 spiro atoms. The number of likely N-dealkylation sites (tertiary alicyclic amines) is 1. The minimum atomic E-state index is -0.809. The van der Waals surface area contributed by atoms with Gasteiger partial charge in [0, 0.05) is 43.2 Å². The monoisotopic (exact) mass is 570 g/mol. The quantitative estimate of drug-likeness (QED) is 0.310. The highest BCUT2D eigenvalue weighted by molar-refractivity contribution is 6.51. The van der Waals surface area contributed by atoms with Gasteiger partial charge in [-0.3, -0.25) is 19.1 Å². The summed E-state index contributed by atoms with van der Waals surface area (Å²) >= 11 is 12.5. The van der Waals surface area contributed by atoms with Crippen molar-refractivity contribution in [2.45, 2.75) is 56.3 Å². The number of hydrogen-bond acceptors (Lipinski definition) is 7. The summed E-state index contributed by atoms with van der Waals surface area (Å²) in [7, 11) is 0. The molecule has 12 heteroatoms. The molecule has 2 aromatic heterocycles. The van der Waals surface area contributed by atoms with E-state index in [1.165, 1.54) is 11.6 Å². The second-order valence-corrected chi connectivity index (χ2v) is 12.1. The number of ketones is 1. The molecule has 3 aromatic rings. The van der Waals surface area contributed by atoms with Gasteiger partial charge in [-0.2, -0.15) is 5.10 Å². The fourth-order valence-corrected chi connectivity index (χ4v) is 6.35. The van der Waals surface area contributed by atoms with Gasteiger partial charge in [0.1, 0.15) is 35.0 Å². The molecule has 1 aliphatic heterocycles. The van der Waals surface area contributed by atoms with Gasteiger partial charge in [-0.15, -0.1) is 23.2 Å². The van der Waals surface area contributed by atoms with Crippen molar-refractivity contribution in [2.24, 2.45) is 17.8 Å². The molecular formula is C27H28Cl2N6O4. The molecule has 3 heterocycles. The van der Waals surface area contributed by atoms with E-state index in [2.05, 4.69) is 20.4 Å². The summed E-state index contributed by atoms with van der Waals surface area (Å²) in [6.45, 7) is 3.86. The van der Waals surface area contributed by atoms with Crippen molar-refractivity contribution in [3.8, 4) is 5.75 Å². The number of carbonyl (C=O) groups excluding carboxylic acids is 3. The van der Waals surface area contributed by atoms with E-state index >= 15 is 0 Å². The average Bonchev–Trinajstić information content (AvgIpc) is 3.63. The number of rotatable bonds is 9. The van der Waals surface area contributed by atoms with E-state index < -0.39 is 10.4 Å². The zero-order chi connectivity index (χ0) is 27.5. The number of carbonyl (C=O) groups is 3. The van der Waals surface area contributed by atoms with Gasteiger partial charge < -0.3 is 15.0 Å². The van der Waals surface area contributed by atoms with E-state index in [-0.39, 0.29) is 54.3 Å². The van der Waals surface area contributed by atoms with E-state index in [1.807, 2.05) is 6.92 Å². The lowest BCUT2D eigenvalue weighted by molar-refractivity contribution is -0.140. The Labute approximate surface area is 235 Å². The van der Waals surface area contributed by atoms with Crippen molar-refractivity contribution >= 4 is 51.7 Å². The van der Waals surface area contributed by atoms with Crippen LogP contribution in [0.25, 0.3) is 10.9 Å². The van der Waals surface area contributed by atoms with Crippen LogP contribution in [0.1, 0.15) is 43.0 Å². The van der Waals surface area contributed by atoms with E-state index in [0.29, 0.717) is 41.4 Å². The lowest BCUT2D eigenvalue weighted by Gasteiger charge is -2.27.